The van der Waals surface area contributed by atoms with Crippen molar-refractivity contribution in [3.63, 3.8) is 0 Å². The largest absolute Gasteiger partial charge is 0.358 e. The Morgan fingerprint density at radius 3 is 2.83 bits per heavy atom. The van der Waals surface area contributed by atoms with Crippen LogP contribution in [0.25, 0.3) is 0 Å². The van der Waals surface area contributed by atoms with Crippen molar-refractivity contribution in [2.24, 2.45) is 0 Å². The number of likely N-dealkylation sites (N-methyl/N-ethyl adjacent to an activating group) is 1. The van der Waals surface area contributed by atoms with Crippen LogP contribution in [-0.2, 0) is 11.3 Å². The molecule has 1 heterocycles. The summed E-state index contributed by atoms with van der Waals surface area (Å²) in [5.74, 6) is -0.0775. The van der Waals surface area contributed by atoms with Crippen molar-refractivity contribution in [3.8, 4) is 0 Å². The van der Waals surface area contributed by atoms with E-state index in [-0.39, 0.29) is 12.5 Å². The molecular weight excluding hydrogens is 290 g/mol. The van der Waals surface area contributed by atoms with Crippen LogP contribution >= 0.6 is 31.9 Å². The van der Waals surface area contributed by atoms with Gasteiger partial charge in [-0.25, -0.2) is 4.68 Å². The number of halogens is 2. The highest BCUT2D eigenvalue weighted by Crippen LogP contribution is 2.15. The van der Waals surface area contributed by atoms with Crippen molar-refractivity contribution in [2.45, 2.75) is 6.54 Å². The molecule has 12 heavy (non-hydrogen) atoms. The number of hydrogen-bond acceptors (Lipinski definition) is 2. The van der Waals surface area contributed by atoms with E-state index in [0.29, 0.717) is 4.60 Å². The summed E-state index contributed by atoms with van der Waals surface area (Å²) >= 11 is 6.47. The SMILES string of the molecule is CNC(=O)Cn1nc(Br)cc1Br. The third kappa shape index (κ3) is 2.31. The van der Waals surface area contributed by atoms with E-state index >= 15 is 0 Å². The predicted molar refractivity (Wildman–Crippen MR) is 51.7 cm³/mol. The predicted octanol–water partition coefficient (Wildman–Crippen LogP) is 1.15. The van der Waals surface area contributed by atoms with Gasteiger partial charge in [-0.1, -0.05) is 0 Å². The molecule has 4 nitrogen and oxygen atoms in total. The van der Waals surface area contributed by atoms with Crippen LogP contribution in [0.15, 0.2) is 15.3 Å². The highest BCUT2D eigenvalue weighted by molar-refractivity contribution is 9.11. The molecule has 0 saturated heterocycles. The molecule has 6 heteroatoms. The maximum absolute atomic E-state index is 10.9. The van der Waals surface area contributed by atoms with Crippen LogP contribution in [0.3, 0.4) is 0 Å². The number of rotatable bonds is 2. The van der Waals surface area contributed by atoms with Crippen LogP contribution in [0.2, 0.25) is 0 Å². The van der Waals surface area contributed by atoms with Gasteiger partial charge in [0.15, 0.2) is 0 Å². The standard InChI is InChI=1S/C6H7Br2N3O/c1-9-6(12)3-11-5(8)2-4(7)10-11/h2H,3H2,1H3,(H,9,12). The average Bonchev–Trinajstić information content (AvgIpc) is 2.30. The lowest BCUT2D eigenvalue weighted by Gasteiger charge is -2.00. The summed E-state index contributed by atoms with van der Waals surface area (Å²) in [6.45, 7) is 0.225. The Hall–Kier alpha value is -0.360. The molecule has 0 spiro atoms. The molecule has 0 saturated carbocycles. The van der Waals surface area contributed by atoms with E-state index in [1.165, 1.54) is 0 Å². The van der Waals surface area contributed by atoms with Gasteiger partial charge in [-0.2, -0.15) is 5.10 Å². The number of carbonyl (C=O) groups is 1. The number of nitrogens with one attached hydrogen (secondary N) is 1. The topological polar surface area (TPSA) is 46.9 Å². The van der Waals surface area contributed by atoms with Crippen molar-refractivity contribution in [3.05, 3.63) is 15.3 Å². The number of carbonyl (C=O) groups excluding carboxylic acids is 1. The maximum atomic E-state index is 10.9. The summed E-state index contributed by atoms with van der Waals surface area (Å²) in [4.78, 5) is 10.9. The first-order valence-electron chi connectivity index (χ1n) is 3.23. The lowest BCUT2D eigenvalue weighted by Crippen LogP contribution is -2.24. The summed E-state index contributed by atoms with van der Waals surface area (Å²) in [5.41, 5.74) is 0. The fourth-order valence-electron chi connectivity index (χ4n) is 0.691. The zero-order chi connectivity index (χ0) is 9.14. The van der Waals surface area contributed by atoms with E-state index in [1.54, 1.807) is 17.8 Å². The fraction of sp³-hybridized carbons (Fsp3) is 0.333. The summed E-state index contributed by atoms with van der Waals surface area (Å²) in [6.07, 6.45) is 0. The second kappa shape index (κ2) is 4.04. The molecule has 0 bridgehead atoms. The van der Waals surface area contributed by atoms with Gasteiger partial charge in [0.05, 0.1) is 0 Å². The molecule has 1 aromatic heterocycles. The number of aromatic nitrogens is 2. The van der Waals surface area contributed by atoms with Gasteiger partial charge in [-0.3, -0.25) is 4.79 Å². The van der Waals surface area contributed by atoms with Gasteiger partial charge in [0, 0.05) is 13.1 Å². The Kier molecular flexibility index (Phi) is 3.28. The maximum Gasteiger partial charge on any atom is 0.241 e. The van der Waals surface area contributed by atoms with E-state index < -0.39 is 0 Å². The van der Waals surface area contributed by atoms with Gasteiger partial charge < -0.3 is 5.32 Å². The highest BCUT2D eigenvalue weighted by atomic mass is 79.9. The van der Waals surface area contributed by atoms with Crippen LogP contribution < -0.4 is 5.32 Å². The molecule has 0 radical (unpaired) electrons. The zero-order valence-electron chi connectivity index (χ0n) is 6.34. The Labute approximate surface area is 86.6 Å². The van der Waals surface area contributed by atoms with Gasteiger partial charge >= 0.3 is 0 Å². The summed E-state index contributed by atoms with van der Waals surface area (Å²) in [6, 6.07) is 1.78. The van der Waals surface area contributed by atoms with Crippen LogP contribution in [0.4, 0.5) is 0 Å². The molecule has 0 fully saturated rings. The third-order valence-electron chi connectivity index (χ3n) is 1.27. The molecule has 1 N–H and O–H groups in total. The molecule has 0 aromatic carbocycles. The number of nitrogens with zero attached hydrogens (tertiary/aromatic N) is 2. The first-order valence-corrected chi connectivity index (χ1v) is 4.81. The Balaban J connectivity index is 2.75. The first-order chi connectivity index (χ1) is 5.63. The van der Waals surface area contributed by atoms with Crippen molar-refractivity contribution in [1.82, 2.24) is 15.1 Å². The van der Waals surface area contributed by atoms with E-state index in [2.05, 4.69) is 42.3 Å². The molecule has 0 atom stereocenters. The molecule has 1 rings (SSSR count). The summed E-state index contributed by atoms with van der Waals surface area (Å²) < 4.78 is 3.04. The normalized spacial score (nSPS) is 9.92. The lowest BCUT2D eigenvalue weighted by molar-refractivity contribution is -0.121. The minimum absolute atomic E-state index is 0.0775. The van der Waals surface area contributed by atoms with Crippen LogP contribution in [0.1, 0.15) is 0 Å². The highest BCUT2D eigenvalue weighted by Gasteiger charge is 2.06. The summed E-state index contributed by atoms with van der Waals surface area (Å²) in [7, 11) is 1.59. The van der Waals surface area contributed by atoms with E-state index in [1.807, 2.05) is 0 Å². The molecule has 0 aliphatic rings. The van der Waals surface area contributed by atoms with E-state index in [0.717, 1.165) is 4.60 Å². The quantitative estimate of drug-likeness (QED) is 0.890. The lowest BCUT2D eigenvalue weighted by atomic mass is 10.6. The van der Waals surface area contributed by atoms with E-state index in [4.69, 9.17) is 0 Å². The smallest absolute Gasteiger partial charge is 0.241 e. The molecule has 0 aliphatic carbocycles. The van der Waals surface area contributed by atoms with Crippen LogP contribution in [0, 0.1) is 0 Å². The second-order valence-electron chi connectivity index (χ2n) is 2.12. The average molecular weight is 297 g/mol. The van der Waals surface area contributed by atoms with Crippen LogP contribution in [-0.4, -0.2) is 22.7 Å². The molecule has 1 amide bonds. The Bertz CT molecular complexity index is 297. The molecule has 66 valence electrons. The van der Waals surface area contributed by atoms with Gasteiger partial charge in [0.2, 0.25) is 5.91 Å². The summed E-state index contributed by atoms with van der Waals surface area (Å²) in [5, 5.41) is 6.54. The molecular formula is C6H7Br2N3O. The van der Waals surface area contributed by atoms with Crippen molar-refractivity contribution in [1.29, 1.82) is 0 Å². The second-order valence-corrected chi connectivity index (χ2v) is 3.75. The fourth-order valence-corrected chi connectivity index (χ4v) is 1.83. The van der Waals surface area contributed by atoms with Crippen molar-refractivity contribution < 1.29 is 4.79 Å². The van der Waals surface area contributed by atoms with Gasteiger partial charge in [-0.05, 0) is 31.9 Å². The third-order valence-corrected chi connectivity index (χ3v) is 2.30. The van der Waals surface area contributed by atoms with Crippen molar-refractivity contribution >= 4 is 37.8 Å². The minimum atomic E-state index is -0.0775. The Morgan fingerprint density at radius 1 is 1.75 bits per heavy atom. The molecule has 0 aliphatic heterocycles. The van der Waals surface area contributed by atoms with Gasteiger partial charge in [0.1, 0.15) is 15.8 Å². The Morgan fingerprint density at radius 2 is 2.42 bits per heavy atom. The van der Waals surface area contributed by atoms with E-state index in [9.17, 15) is 4.79 Å². The monoisotopic (exact) mass is 295 g/mol. The zero-order valence-corrected chi connectivity index (χ0v) is 9.52. The van der Waals surface area contributed by atoms with Crippen molar-refractivity contribution in [2.75, 3.05) is 7.05 Å². The number of hydrogen-bond donors (Lipinski definition) is 1. The molecule has 0 unspecified atom stereocenters. The van der Waals surface area contributed by atoms with Gasteiger partial charge in [0.25, 0.3) is 0 Å². The number of amides is 1. The minimum Gasteiger partial charge on any atom is -0.358 e. The van der Waals surface area contributed by atoms with Crippen LogP contribution in [0.5, 0.6) is 0 Å². The first kappa shape index (κ1) is 9.73. The van der Waals surface area contributed by atoms with Gasteiger partial charge in [-0.15, -0.1) is 0 Å². The molecule has 1 aromatic rings.